The minimum absolute atomic E-state index is 0.111. The van der Waals surface area contributed by atoms with Crippen LogP contribution in [0.3, 0.4) is 0 Å². The van der Waals surface area contributed by atoms with Crippen LogP contribution in [0.25, 0.3) is 0 Å². The second-order valence-electron chi connectivity index (χ2n) is 4.13. The fourth-order valence-electron chi connectivity index (χ4n) is 1.40. The molecular formula is C11H17NO3S. The third kappa shape index (κ3) is 2.81. The Hall–Kier alpha value is -0.910. The average Bonchev–Trinajstić information content (AvgIpc) is 2.78. The first kappa shape index (κ1) is 13.2. The fraction of sp³-hybridized carbons (Fsp3) is 0.545. The van der Waals surface area contributed by atoms with Crippen molar-refractivity contribution in [2.24, 2.45) is 0 Å². The van der Waals surface area contributed by atoms with Crippen molar-refractivity contribution in [1.29, 1.82) is 0 Å². The van der Waals surface area contributed by atoms with Gasteiger partial charge in [0.2, 0.25) is 0 Å². The smallest absolute Gasteiger partial charge is 0.264 e. The molecule has 0 aromatic carbocycles. The molecule has 2 N–H and O–H groups in total. The zero-order valence-electron chi connectivity index (χ0n) is 9.51. The number of rotatable bonds is 5. The maximum Gasteiger partial charge on any atom is 0.264 e. The Morgan fingerprint density at radius 1 is 1.50 bits per heavy atom. The van der Waals surface area contributed by atoms with Gasteiger partial charge in [-0.25, -0.2) is 0 Å². The predicted molar refractivity (Wildman–Crippen MR) is 63.6 cm³/mol. The van der Waals surface area contributed by atoms with Crippen LogP contribution in [0, 0.1) is 0 Å². The van der Waals surface area contributed by atoms with Crippen molar-refractivity contribution in [1.82, 2.24) is 4.90 Å². The van der Waals surface area contributed by atoms with Gasteiger partial charge in [-0.2, -0.15) is 0 Å². The van der Waals surface area contributed by atoms with Gasteiger partial charge in [0.15, 0.2) is 0 Å². The van der Waals surface area contributed by atoms with Gasteiger partial charge in [-0.05, 0) is 25.3 Å². The van der Waals surface area contributed by atoms with Crippen molar-refractivity contribution in [3.63, 3.8) is 0 Å². The van der Waals surface area contributed by atoms with E-state index in [1.165, 1.54) is 16.2 Å². The molecule has 0 aliphatic carbocycles. The van der Waals surface area contributed by atoms with E-state index in [0.29, 0.717) is 4.88 Å². The number of β-amino-alcohol motifs (C(OH)–C–C–N with tert-alkyl or cyclic N) is 1. The van der Waals surface area contributed by atoms with Gasteiger partial charge in [-0.1, -0.05) is 6.07 Å². The quantitative estimate of drug-likeness (QED) is 0.809. The molecule has 5 heteroatoms. The Morgan fingerprint density at radius 2 is 2.19 bits per heavy atom. The molecule has 1 heterocycles. The summed E-state index contributed by atoms with van der Waals surface area (Å²) in [6.07, 6.45) is 0. The minimum atomic E-state index is -0.663. The van der Waals surface area contributed by atoms with Gasteiger partial charge in [-0.3, -0.25) is 4.79 Å². The summed E-state index contributed by atoms with van der Waals surface area (Å²) >= 11 is 1.36. The molecule has 0 spiro atoms. The summed E-state index contributed by atoms with van der Waals surface area (Å²) in [5.74, 6) is -0.150. The maximum absolute atomic E-state index is 12.1. The summed E-state index contributed by atoms with van der Waals surface area (Å²) in [5.41, 5.74) is -0.663. The van der Waals surface area contributed by atoms with E-state index >= 15 is 0 Å². The van der Waals surface area contributed by atoms with Crippen LogP contribution in [0.15, 0.2) is 17.5 Å². The number of hydrogen-bond acceptors (Lipinski definition) is 4. The molecule has 1 rings (SSSR count). The molecule has 1 amide bonds. The monoisotopic (exact) mass is 243 g/mol. The van der Waals surface area contributed by atoms with E-state index in [1.807, 2.05) is 5.38 Å². The summed E-state index contributed by atoms with van der Waals surface area (Å²) < 4.78 is 0. The third-order valence-corrected chi connectivity index (χ3v) is 3.28. The van der Waals surface area contributed by atoms with Crippen molar-refractivity contribution < 1.29 is 15.0 Å². The van der Waals surface area contributed by atoms with E-state index in [1.54, 1.807) is 26.0 Å². The first-order chi connectivity index (χ1) is 7.53. The Bertz CT molecular complexity index is 335. The number of thiophene rings is 1. The maximum atomic E-state index is 12.1. The van der Waals surface area contributed by atoms with Crippen LogP contribution in [-0.4, -0.2) is 46.3 Å². The highest BCUT2D eigenvalue weighted by atomic mass is 32.1. The number of amides is 1. The first-order valence-electron chi connectivity index (χ1n) is 5.10. The lowest BCUT2D eigenvalue weighted by molar-refractivity contribution is 0.0312. The van der Waals surface area contributed by atoms with Crippen LogP contribution in [0.1, 0.15) is 23.5 Å². The number of carbonyl (C=O) groups is 1. The Labute approximate surface area is 99.1 Å². The van der Waals surface area contributed by atoms with Crippen LogP contribution in [0.5, 0.6) is 0 Å². The van der Waals surface area contributed by atoms with Crippen molar-refractivity contribution in [2.75, 3.05) is 19.8 Å². The highest BCUT2D eigenvalue weighted by Crippen LogP contribution is 2.19. The second-order valence-corrected chi connectivity index (χ2v) is 5.08. The lowest BCUT2D eigenvalue weighted by atomic mass is 10.0. The van der Waals surface area contributed by atoms with Crippen LogP contribution >= 0.6 is 11.3 Å². The molecule has 0 saturated carbocycles. The van der Waals surface area contributed by atoms with Crippen LogP contribution < -0.4 is 0 Å². The molecule has 0 fully saturated rings. The van der Waals surface area contributed by atoms with Crippen molar-refractivity contribution >= 4 is 17.2 Å². The first-order valence-corrected chi connectivity index (χ1v) is 5.98. The lowest BCUT2D eigenvalue weighted by Gasteiger charge is -2.36. The van der Waals surface area contributed by atoms with Gasteiger partial charge in [0.25, 0.3) is 5.91 Å². The second kappa shape index (κ2) is 5.43. The lowest BCUT2D eigenvalue weighted by Crippen LogP contribution is -2.51. The summed E-state index contributed by atoms with van der Waals surface area (Å²) in [6.45, 7) is 3.53. The topological polar surface area (TPSA) is 60.8 Å². The van der Waals surface area contributed by atoms with Crippen molar-refractivity contribution in [3.8, 4) is 0 Å². The molecule has 4 nitrogen and oxygen atoms in total. The highest BCUT2D eigenvalue weighted by molar-refractivity contribution is 7.12. The standard InChI is InChI=1S/C11H17NO3S/c1-11(2,8-14)12(5-6-13)10(15)9-4-3-7-16-9/h3-4,7,13-14H,5-6,8H2,1-2H3. The predicted octanol–water partition coefficient (Wildman–Crippen LogP) is 0.953. The van der Waals surface area contributed by atoms with Gasteiger partial charge < -0.3 is 15.1 Å². The van der Waals surface area contributed by atoms with Gasteiger partial charge in [0, 0.05) is 6.54 Å². The van der Waals surface area contributed by atoms with Gasteiger partial charge >= 0.3 is 0 Å². The SMILES string of the molecule is CC(C)(CO)N(CCO)C(=O)c1cccs1. The fourth-order valence-corrected chi connectivity index (χ4v) is 2.07. The van der Waals surface area contributed by atoms with Crippen LogP contribution in [0.2, 0.25) is 0 Å². The van der Waals surface area contributed by atoms with E-state index in [0.717, 1.165) is 0 Å². The van der Waals surface area contributed by atoms with E-state index in [9.17, 15) is 9.90 Å². The largest absolute Gasteiger partial charge is 0.395 e. The van der Waals surface area contributed by atoms with Gasteiger partial charge in [0.05, 0.1) is 23.6 Å². The molecular weight excluding hydrogens is 226 g/mol. The number of hydrogen-bond donors (Lipinski definition) is 2. The molecule has 0 aliphatic heterocycles. The molecule has 0 saturated heterocycles. The number of carbonyl (C=O) groups excluding carboxylic acids is 1. The number of nitrogens with zero attached hydrogens (tertiary/aromatic N) is 1. The molecule has 16 heavy (non-hydrogen) atoms. The molecule has 0 atom stereocenters. The summed E-state index contributed by atoms with van der Waals surface area (Å²) in [5, 5.41) is 20.1. The van der Waals surface area contributed by atoms with Crippen molar-refractivity contribution in [3.05, 3.63) is 22.4 Å². The van der Waals surface area contributed by atoms with Crippen LogP contribution in [0.4, 0.5) is 0 Å². The average molecular weight is 243 g/mol. The molecule has 0 bridgehead atoms. The molecule has 0 aliphatic rings. The zero-order chi connectivity index (χ0) is 12.2. The molecule has 1 aromatic rings. The van der Waals surface area contributed by atoms with Crippen molar-refractivity contribution in [2.45, 2.75) is 19.4 Å². The highest BCUT2D eigenvalue weighted by Gasteiger charge is 2.30. The third-order valence-electron chi connectivity index (χ3n) is 2.42. The molecule has 0 unspecified atom stereocenters. The van der Waals surface area contributed by atoms with E-state index in [2.05, 4.69) is 0 Å². The molecule has 1 aromatic heterocycles. The van der Waals surface area contributed by atoms with E-state index < -0.39 is 5.54 Å². The van der Waals surface area contributed by atoms with Gasteiger partial charge in [-0.15, -0.1) is 11.3 Å². The molecule has 90 valence electrons. The summed E-state index contributed by atoms with van der Waals surface area (Å²) in [4.78, 5) is 14.2. The van der Waals surface area contributed by atoms with E-state index in [4.69, 9.17) is 5.11 Å². The van der Waals surface area contributed by atoms with Crippen LogP contribution in [-0.2, 0) is 0 Å². The Balaban J connectivity index is 2.90. The number of aliphatic hydroxyl groups excluding tert-OH is 2. The molecule has 0 radical (unpaired) electrons. The Morgan fingerprint density at radius 3 is 2.62 bits per heavy atom. The Kier molecular flexibility index (Phi) is 4.46. The summed E-state index contributed by atoms with van der Waals surface area (Å²) in [6, 6.07) is 3.55. The number of aliphatic hydroxyl groups is 2. The van der Waals surface area contributed by atoms with Gasteiger partial charge in [0.1, 0.15) is 0 Å². The zero-order valence-corrected chi connectivity index (χ0v) is 10.3. The summed E-state index contributed by atoms with van der Waals surface area (Å²) in [7, 11) is 0. The van der Waals surface area contributed by atoms with E-state index in [-0.39, 0.29) is 25.7 Å². The normalized spacial score (nSPS) is 11.5. The minimum Gasteiger partial charge on any atom is -0.395 e.